The fourth-order valence-electron chi connectivity index (χ4n) is 2.51. The number of aromatic nitrogens is 1. The number of rotatable bonds is 3. The number of nitrogens with two attached hydrogens (primary N) is 1. The molecule has 0 spiro atoms. The first kappa shape index (κ1) is 13.0. The highest BCUT2D eigenvalue weighted by molar-refractivity contribution is 5.79. The first-order valence-corrected chi connectivity index (χ1v) is 6.65. The minimum absolute atomic E-state index is 0.00897. The van der Waals surface area contributed by atoms with Gasteiger partial charge in [-0.3, -0.25) is 9.78 Å². The molecule has 3 N–H and O–H groups in total. The molecule has 0 radical (unpaired) electrons. The Hall–Kier alpha value is -1.42. The van der Waals surface area contributed by atoms with Crippen molar-refractivity contribution in [2.24, 2.45) is 11.7 Å². The molecule has 1 aliphatic carbocycles. The molecule has 18 heavy (non-hydrogen) atoms. The van der Waals surface area contributed by atoms with Gasteiger partial charge in [-0.15, -0.1) is 0 Å². The lowest BCUT2D eigenvalue weighted by Crippen LogP contribution is -2.44. The molecule has 4 heteroatoms. The smallest absolute Gasteiger partial charge is 0.225 e. The van der Waals surface area contributed by atoms with Gasteiger partial charge in [-0.2, -0.15) is 0 Å². The van der Waals surface area contributed by atoms with Crippen LogP contribution in [0.5, 0.6) is 0 Å². The number of carbonyl (C=O) groups is 1. The zero-order valence-electron chi connectivity index (χ0n) is 10.8. The fraction of sp³-hybridized carbons (Fsp3) is 0.571. The summed E-state index contributed by atoms with van der Waals surface area (Å²) in [5.74, 6) is 0.0327. The Labute approximate surface area is 108 Å². The van der Waals surface area contributed by atoms with Crippen LogP contribution in [0, 0.1) is 5.92 Å². The highest BCUT2D eigenvalue weighted by Gasteiger charge is 2.29. The number of nitrogens with zero attached hydrogens (tertiary/aromatic N) is 1. The van der Waals surface area contributed by atoms with Gasteiger partial charge in [0.1, 0.15) is 0 Å². The van der Waals surface area contributed by atoms with Gasteiger partial charge in [0.25, 0.3) is 0 Å². The summed E-state index contributed by atoms with van der Waals surface area (Å²) in [7, 11) is 0. The zero-order chi connectivity index (χ0) is 13.0. The summed E-state index contributed by atoms with van der Waals surface area (Å²) in [6.07, 6.45) is 5.84. The van der Waals surface area contributed by atoms with Gasteiger partial charge in [-0.25, -0.2) is 0 Å². The van der Waals surface area contributed by atoms with Crippen LogP contribution in [-0.4, -0.2) is 16.9 Å². The molecule has 0 bridgehead atoms. The Morgan fingerprint density at radius 1 is 1.44 bits per heavy atom. The lowest BCUT2D eigenvalue weighted by molar-refractivity contribution is -0.127. The molecular weight excluding hydrogens is 226 g/mol. The Kier molecular flexibility index (Phi) is 4.31. The summed E-state index contributed by atoms with van der Waals surface area (Å²) in [6, 6.07) is 5.67. The predicted molar refractivity (Wildman–Crippen MR) is 70.7 cm³/mol. The van der Waals surface area contributed by atoms with Gasteiger partial charge >= 0.3 is 0 Å². The molecule has 1 aromatic rings. The molecule has 2 rings (SSSR count). The van der Waals surface area contributed by atoms with Crippen molar-refractivity contribution in [3.63, 3.8) is 0 Å². The monoisotopic (exact) mass is 247 g/mol. The highest BCUT2D eigenvalue weighted by Crippen LogP contribution is 2.23. The van der Waals surface area contributed by atoms with E-state index in [2.05, 4.69) is 10.3 Å². The van der Waals surface area contributed by atoms with Crippen LogP contribution in [0.25, 0.3) is 0 Å². The second-order valence-electron chi connectivity index (χ2n) is 5.04. The lowest BCUT2D eigenvalue weighted by atomic mass is 9.84. The number of amides is 1. The van der Waals surface area contributed by atoms with E-state index in [1.54, 1.807) is 6.20 Å². The van der Waals surface area contributed by atoms with Crippen LogP contribution >= 0.6 is 0 Å². The minimum Gasteiger partial charge on any atom is -0.348 e. The molecule has 3 atom stereocenters. The molecule has 1 aromatic heterocycles. The molecule has 1 amide bonds. The Balaban J connectivity index is 1.94. The molecule has 1 heterocycles. The number of nitrogens with one attached hydrogen (secondary N) is 1. The van der Waals surface area contributed by atoms with Gasteiger partial charge in [-0.1, -0.05) is 18.9 Å². The number of pyridine rings is 1. The standard InChI is InChI=1S/C14H21N3O/c1-10(13-8-4-5-9-16-13)17-14(18)11-6-2-3-7-12(11)15/h4-5,8-12H,2-3,6-7,15H2,1H3,(H,17,18)/t10-,11?,12?/m1/s1. The number of carbonyl (C=O) groups excluding carboxylic acids is 1. The normalized spacial score (nSPS) is 25.4. The van der Waals surface area contributed by atoms with Gasteiger partial charge in [-0.05, 0) is 31.9 Å². The topological polar surface area (TPSA) is 68.0 Å². The zero-order valence-corrected chi connectivity index (χ0v) is 10.8. The van der Waals surface area contributed by atoms with E-state index in [0.29, 0.717) is 0 Å². The second kappa shape index (κ2) is 5.96. The van der Waals surface area contributed by atoms with E-state index in [1.165, 1.54) is 0 Å². The van der Waals surface area contributed by atoms with Crippen molar-refractivity contribution in [1.29, 1.82) is 0 Å². The van der Waals surface area contributed by atoms with Crippen molar-refractivity contribution in [2.45, 2.75) is 44.7 Å². The summed E-state index contributed by atoms with van der Waals surface area (Å²) >= 11 is 0. The SMILES string of the molecule is C[C@@H](NC(=O)C1CCCCC1N)c1ccccn1. The molecule has 0 aromatic carbocycles. The molecule has 1 fully saturated rings. The largest absolute Gasteiger partial charge is 0.348 e. The summed E-state index contributed by atoms with van der Waals surface area (Å²) < 4.78 is 0. The van der Waals surface area contributed by atoms with Crippen molar-refractivity contribution >= 4 is 5.91 Å². The molecule has 0 aliphatic heterocycles. The van der Waals surface area contributed by atoms with Crippen LogP contribution in [0.15, 0.2) is 24.4 Å². The van der Waals surface area contributed by atoms with E-state index in [9.17, 15) is 4.79 Å². The first-order chi connectivity index (χ1) is 8.68. The quantitative estimate of drug-likeness (QED) is 0.855. The fourth-order valence-corrected chi connectivity index (χ4v) is 2.51. The van der Waals surface area contributed by atoms with Gasteiger partial charge in [0.2, 0.25) is 5.91 Å². The van der Waals surface area contributed by atoms with Gasteiger partial charge in [0, 0.05) is 12.2 Å². The Morgan fingerprint density at radius 2 is 2.22 bits per heavy atom. The van der Waals surface area contributed by atoms with Crippen molar-refractivity contribution in [2.75, 3.05) is 0 Å². The van der Waals surface area contributed by atoms with E-state index in [4.69, 9.17) is 5.73 Å². The van der Waals surface area contributed by atoms with E-state index in [1.807, 2.05) is 25.1 Å². The van der Waals surface area contributed by atoms with E-state index in [0.717, 1.165) is 31.4 Å². The van der Waals surface area contributed by atoms with Crippen LogP contribution in [0.3, 0.4) is 0 Å². The molecule has 0 saturated heterocycles. The maximum absolute atomic E-state index is 12.2. The summed E-state index contributed by atoms with van der Waals surface area (Å²) in [5, 5.41) is 3.01. The maximum atomic E-state index is 12.2. The van der Waals surface area contributed by atoms with Gasteiger partial charge in [0.15, 0.2) is 0 Å². The van der Waals surface area contributed by atoms with Crippen molar-refractivity contribution in [3.05, 3.63) is 30.1 Å². The predicted octanol–water partition coefficient (Wildman–Crippen LogP) is 1.78. The second-order valence-corrected chi connectivity index (χ2v) is 5.04. The molecule has 4 nitrogen and oxygen atoms in total. The average Bonchev–Trinajstić information content (AvgIpc) is 2.40. The van der Waals surface area contributed by atoms with E-state index in [-0.39, 0.29) is 23.9 Å². The third kappa shape index (κ3) is 3.07. The highest BCUT2D eigenvalue weighted by atomic mass is 16.2. The molecular formula is C14H21N3O. The molecule has 1 saturated carbocycles. The van der Waals surface area contributed by atoms with E-state index < -0.39 is 0 Å². The minimum atomic E-state index is -0.0622. The summed E-state index contributed by atoms with van der Waals surface area (Å²) in [5.41, 5.74) is 6.90. The molecule has 98 valence electrons. The van der Waals surface area contributed by atoms with Crippen molar-refractivity contribution in [1.82, 2.24) is 10.3 Å². The number of hydrogen-bond donors (Lipinski definition) is 2. The Bertz CT molecular complexity index is 393. The third-order valence-corrected chi connectivity index (χ3v) is 3.65. The van der Waals surface area contributed by atoms with Crippen molar-refractivity contribution < 1.29 is 4.79 Å². The van der Waals surface area contributed by atoms with Gasteiger partial charge in [0.05, 0.1) is 17.7 Å². The lowest BCUT2D eigenvalue weighted by Gasteiger charge is -2.28. The van der Waals surface area contributed by atoms with Crippen molar-refractivity contribution in [3.8, 4) is 0 Å². The summed E-state index contributed by atoms with van der Waals surface area (Å²) in [6.45, 7) is 1.95. The Morgan fingerprint density at radius 3 is 2.89 bits per heavy atom. The van der Waals surface area contributed by atoms with Crippen LogP contribution < -0.4 is 11.1 Å². The molecule has 1 aliphatic rings. The maximum Gasteiger partial charge on any atom is 0.225 e. The van der Waals surface area contributed by atoms with Gasteiger partial charge < -0.3 is 11.1 Å². The van der Waals surface area contributed by atoms with Crippen LogP contribution in [-0.2, 0) is 4.79 Å². The number of hydrogen-bond acceptors (Lipinski definition) is 3. The first-order valence-electron chi connectivity index (χ1n) is 6.65. The van der Waals surface area contributed by atoms with Crippen LogP contribution in [0.4, 0.5) is 0 Å². The molecule has 2 unspecified atom stereocenters. The van der Waals surface area contributed by atoms with Crippen LogP contribution in [0.1, 0.15) is 44.3 Å². The van der Waals surface area contributed by atoms with Crippen LogP contribution in [0.2, 0.25) is 0 Å². The third-order valence-electron chi connectivity index (χ3n) is 3.65. The summed E-state index contributed by atoms with van der Waals surface area (Å²) in [4.78, 5) is 16.4. The average molecular weight is 247 g/mol. The van der Waals surface area contributed by atoms with E-state index >= 15 is 0 Å².